The van der Waals surface area contributed by atoms with Gasteiger partial charge in [-0.05, 0) is 30.7 Å². The van der Waals surface area contributed by atoms with E-state index in [0.717, 1.165) is 33.5 Å². The molecule has 0 atom stereocenters. The second-order valence-electron chi connectivity index (χ2n) is 4.46. The van der Waals surface area contributed by atoms with Crippen LogP contribution in [0, 0.1) is 6.92 Å². The zero-order valence-corrected chi connectivity index (χ0v) is 10.2. The molecule has 0 saturated carbocycles. The van der Waals surface area contributed by atoms with Crippen LogP contribution in [0.2, 0.25) is 0 Å². The maximum Gasteiger partial charge on any atom is 0.0642 e. The van der Waals surface area contributed by atoms with Crippen molar-refractivity contribution in [2.24, 2.45) is 0 Å². The number of nitrogens with one attached hydrogen (secondary N) is 2. The van der Waals surface area contributed by atoms with Gasteiger partial charge in [-0.2, -0.15) is 0 Å². The molecule has 90 valence electrons. The quantitative estimate of drug-likeness (QED) is 0.594. The molecule has 0 bridgehead atoms. The monoisotopic (exact) mass is 237 g/mol. The van der Waals surface area contributed by atoms with Crippen molar-refractivity contribution < 1.29 is 0 Å². The summed E-state index contributed by atoms with van der Waals surface area (Å²) in [5.74, 6) is 0. The number of hydrogen-bond acceptors (Lipinski definition) is 2. The highest BCUT2D eigenvalue weighted by molar-refractivity contribution is 5.95. The van der Waals surface area contributed by atoms with Gasteiger partial charge in [-0.3, -0.25) is 0 Å². The molecular weight excluding hydrogens is 222 g/mol. The van der Waals surface area contributed by atoms with Gasteiger partial charge in [-0.1, -0.05) is 24.3 Å². The van der Waals surface area contributed by atoms with E-state index in [1.54, 1.807) is 0 Å². The van der Waals surface area contributed by atoms with E-state index in [0.29, 0.717) is 0 Å². The smallest absolute Gasteiger partial charge is 0.0642 e. The number of rotatable bonds is 2. The molecule has 0 saturated heterocycles. The van der Waals surface area contributed by atoms with Crippen molar-refractivity contribution in [3.63, 3.8) is 0 Å². The molecular formula is C15H15N3. The van der Waals surface area contributed by atoms with Crippen LogP contribution in [0.3, 0.4) is 0 Å². The lowest BCUT2D eigenvalue weighted by Gasteiger charge is -2.09. The average molecular weight is 237 g/mol. The predicted molar refractivity (Wildman–Crippen MR) is 77.2 cm³/mol. The van der Waals surface area contributed by atoms with Crippen molar-refractivity contribution in [2.45, 2.75) is 6.92 Å². The molecule has 1 aromatic heterocycles. The molecule has 2 aromatic carbocycles. The number of fused-ring (bicyclic) bond motifs is 1. The van der Waals surface area contributed by atoms with Crippen LogP contribution in [-0.4, -0.2) is 4.98 Å². The topological polar surface area (TPSA) is 53.8 Å². The third kappa shape index (κ3) is 1.80. The van der Waals surface area contributed by atoms with Crippen LogP contribution < -0.4 is 11.1 Å². The SMILES string of the molecule is Cc1ccc(Nc2c[nH]c3ccccc23)c(N)c1. The van der Waals surface area contributed by atoms with Crippen molar-refractivity contribution in [3.8, 4) is 0 Å². The summed E-state index contributed by atoms with van der Waals surface area (Å²) in [5.41, 5.74) is 11.0. The zero-order chi connectivity index (χ0) is 12.5. The van der Waals surface area contributed by atoms with E-state index in [4.69, 9.17) is 5.73 Å². The number of nitrogens with two attached hydrogens (primary N) is 1. The Labute approximate surface area is 106 Å². The summed E-state index contributed by atoms with van der Waals surface area (Å²) < 4.78 is 0. The van der Waals surface area contributed by atoms with Gasteiger partial charge in [-0.25, -0.2) is 0 Å². The van der Waals surface area contributed by atoms with Gasteiger partial charge in [0.2, 0.25) is 0 Å². The van der Waals surface area contributed by atoms with Crippen LogP contribution >= 0.6 is 0 Å². The largest absolute Gasteiger partial charge is 0.397 e. The van der Waals surface area contributed by atoms with Crippen LogP contribution in [0.5, 0.6) is 0 Å². The summed E-state index contributed by atoms with van der Waals surface area (Å²) >= 11 is 0. The van der Waals surface area contributed by atoms with E-state index >= 15 is 0 Å². The van der Waals surface area contributed by atoms with Crippen LogP contribution in [0.25, 0.3) is 10.9 Å². The van der Waals surface area contributed by atoms with Gasteiger partial charge in [0.05, 0.1) is 17.1 Å². The molecule has 0 spiro atoms. The molecule has 0 aliphatic carbocycles. The number of aromatic nitrogens is 1. The summed E-state index contributed by atoms with van der Waals surface area (Å²) in [5, 5.41) is 4.53. The Balaban J connectivity index is 2.01. The Morgan fingerprint density at radius 3 is 2.72 bits per heavy atom. The molecule has 3 nitrogen and oxygen atoms in total. The fraction of sp³-hybridized carbons (Fsp3) is 0.0667. The first kappa shape index (κ1) is 10.7. The molecule has 0 amide bonds. The number of aromatic amines is 1. The molecule has 3 aromatic rings. The number of para-hydroxylation sites is 1. The summed E-state index contributed by atoms with van der Waals surface area (Å²) in [6.45, 7) is 2.03. The molecule has 0 aliphatic rings. The minimum Gasteiger partial charge on any atom is -0.397 e. The van der Waals surface area contributed by atoms with Crippen molar-refractivity contribution in [1.82, 2.24) is 4.98 Å². The van der Waals surface area contributed by atoms with E-state index in [9.17, 15) is 0 Å². The fourth-order valence-corrected chi connectivity index (χ4v) is 2.12. The maximum absolute atomic E-state index is 6.01. The fourth-order valence-electron chi connectivity index (χ4n) is 2.12. The second kappa shape index (κ2) is 4.11. The number of hydrogen-bond donors (Lipinski definition) is 3. The van der Waals surface area contributed by atoms with Crippen LogP contribution in [0.15, 0.2) is 48.7 Å². The Morgan fingerprint density at radius 1 is 1.06 bits per heavy atom. The average Bonchev–Trinajstić information content (AvgIpc) is 2.76. The van der Waals surface area contributed by atoms with Gasteiger partial charge in [0, 0.05) is 17.1 Å². The van der Waals surface area contributed by atoms with Crippen molar-refractivity contribution in [1.29, 1.82) is 0 Å². The van der Waals surface area contributed by atoms with Crippen molar-refractivity contribution in [2.75, 3.05) is 11.1 Å². The molecule has 1 heterocycles. The van der Waals surface area contributed by atoms with Gasteiger partial charge >= 0.3 is 0 Å². The Bertz CT molecular complexity index is 698. The second-order valence-corrected chi connectivity index (χ2v) is 4.46. The van der Waals surface area contributed by atoms with Crippen LogP contribution in [0.4, 0.5) is 17.1 Å². The summed E-state index contributed by atoms with van der Waals surface area (Å²) in [4.78, 5) is 3.24. The third-order valence-corrected chi connectivity index (χ3v) is 3.07. The van der Waals surface area contributed by atoms with Gasteiger partial charge < -0.3 is 16.0 Å². The van der Waals surface area contributed by atoms with E-state index in [-0.39, 0.29) is 0 Å². The molecule has 0 unspecified atom stereocenters. The standard InChI is InChI=1S/C15H15N3/c1-10-6-7-14(12(16)8-10)18-15-9-17-13-5-3-2-4-11(13)15/h2-9,17-18H,16H2,1H3. The van der Waals surface area contributed by atoms with E-state index in [1.165, 1.54) is 0 Å². The predicted octanol–water partition coefficient (Wildman–Crippen LogP) is 3.80. The lowest BCUT2D eigenvalue weighted by molar-refractivity contribution is 1.44. The summed E-state index contributed by atoms with van der Waals surface area (Å²) in [7, 11) is 0. The first-order chi connectivity index (χ1) is 8.74. The van der Waals surface area contributed by atoms with E-state index < -0.39 is 0 Å². The normalized spacial score (nSPS) is 10.7. The van der Waals surface area contributed by atoms with Crippen LogP contribution in [-0.2, 0) is 0 Å². The van der Waals surface area contributed by atoms with Gasteiger partial charge in [0.15, 0.2) is 0 Å². The number of H-pyrrole nitrogens is 1. The van der Waals surface area contributed by atoms with E-state index in [1.807, 2.05) is 43.5 Å². The van der Waals surface area contributed by atoms with Crippen molar-refractivity contribution in [3.05, 3.63) is 54.2 Å². The first-order valence-electron chi connectivity index (χ1n) is 5.93. The number of benzene rings is 2. The van der Waals surface area contributed by atoms with Crippen LogP contribution in [0.1, 0.15) is 5.56 Å². The summed E-state index contributed by atoms with van der Waals surface area (Å²) in [6, 6.07) is 14.2. The molecule has 3 heteroatoms. The highest BCUT2D eigenvalue weighted by Crippen LogP contribution is 2.29. The highest BCUT2D eigenvalue weighted by atomic mass is 14.9. The molecule has 0 radical (unpaired) electrons. The van der Waals surface area contributed by atoms with Crippen molar-refractivity contribution >= 4 is 28.0 Å². The minimum atomic E-state index is 0.764. The first-order valence-corrected chi connectivity index (χ1v) is 5.93. The number of anilines is 3. The molecule has 0 aliphatic heterocycles. The van der Waals surface area contributed by atoms with E-state index in [2.05, 4.69) is 22.4 Å². The minimum absolute atomic E-state index is 0.764. The maximum atomic E-state index is 6.01. The number of aryl methyl sites for hydroxylation is 1. The zero-order valence-electron chi connectivity index (χ0n) is 10.2. The van der Waals surface area contributed by atoms with Gasteiger partial charge in [0.25, 0.3) is 0 Å². The highest BCUT2D eigenvalue weighted by Gasteiger charge is 2.05. The Hall–Kier alpha value is -2.42. The molecule has 4 N–H and O–H groups in total. The lowest BCUT2D eigenvalue weighted by atomic mass is 10.2. The third-order valence-electron chi connectivity index (χ3n) is 3.07. The molecule has 18 heavy (non-hydrogen) atoms. The Morgan fingerprint density at radius 2 is 1.89 bits per heavy atom. The summed E-state index contributed by atoms with van der Waals surface area (Å²) in [6.07, 6.45) is 1.96. The lowest BCUT2D eigenvalue weighted by Crippen LogP contribution is -1.96. The molecule has 3 rings (SSSR count). The van der Waals surface area contributed by atoms with Gasteiger partial charge in [0.1, 0.15) is 0 Å². The molecule has 0 fully saturated rings. The number of nitrogen functional groups attached to an aromatic ring is 1. The van der Waals surface area contributed by atoms with Gasteiger partial charge in [-0.15, -0.1) is 0 Å². The Kier molecular flexibility index (Phi) is 2.45.